The summed E-state index contributed by atoms with van der Waals surface area (Å²) in [6, 6.07) is 5.54. The molecule has 0 saturated carbocycles. The molecule has 0 radical (unpaired) electrons. The number of esters is 3. The molecule has 0 saturated heterocycles. The summed E-state index contributed by atoms with van der Waals surface area (Å²) in [6.45, 7) is -0.930. The van der Waals surface area contributed by atoms with E-state index in [0.29, 0.717) is 5.56 Å². The molecule has 2 amide bonds. The maximum atomic E-state index is 12.6. The summed E-state index contributed by atoms with van der Waals surface area (Å²) in [5.74, 6) is -5.39. The van der Waals surface area contributed by atoms with Crippen molar-refractivity contribution in [2.24, 2.45) is 5.92 Å². The van der Waals surface area contributed by atoms with Crippen molar-refractivity contribution in [3.8, 4) is 0 Å². The number of alkyl carbamates (subject to hydrolysis) is 1. The lowest BCUT2D eigenvalue weighted by atomic mass is 9.95. The maximum Gasteiger partial charge on any atom is 0.408 e. The Bertz CT molecular complexity index is 799. The van der Waals surface area contributed by atoms with E-state index in [1.165, 1.54) is 0 Å². The van der Waals surface area contributed by atoms with Crippen LogP contribution in [0.5, 0.6) is 0 Å². The molecule has 3 N–H and O–H groups in total. The van der Waals surface area contributed by atoms with Crippen LogP contribution in [0.1, 0.15) is 12.0 Å². The number of carbonyl (C=O) groups is 5. The third kappa shape index (κ3) is 8.22. The molecule has 0 bridgehead atoms. The second kappa shape index (κ2) is 13.6. The Morgan fingerprint density at radius 3 is 2.06 bits per heavy atom. The first-order valence-electron chi connectivity index (χ1n) is 9.38. The van der Waals surface area contributed by atoms with Gasteiger partial charge in [-0.1, -0.05) is 30.3 Å². The zero-order valence-corrected chi connectivity index (χ0v) is 17.9. The van der Waals surface area contributed by atoms with Gasteiger partial charge in [-0.3, -0.25) is 14.4 Å². The standard InChI is InChI=1S/C20H26N2O10/c1-29-15(24)9-13(18(26)30-2)16(19(27)31-3)22-17(25)14(10-23)21-20(28)32-11-12-7-5-4-6-8-12/h4-8,13-14,16,23H,9-11H2,1-3H3,(H,21,28)(H,22,25)/t13-,14+,16-/m1/s1. The second-order valence-corrected chi connectivity index (χ2v) is 6.36. The van der Waals surface area contributed by atoms with E-state index in [0.717, 1.165) is 21.3 Å². The Morgan fingerprint density at radius 2 is 1.53 bits per heavy atom. The molecule has 0 fully saturated rings. The summed E-state index contributed by atoms with van der Waals surface area (Å²) in [5, 5.41) is 13.8. The molecule has 0 aliphatic heterocycles. The van der Waals surface area contributed by atoms with Crippen LogP contribution in [0.4, 0.5) is 4.79 Å². The summed E-state index contributed by atoms with van der Waals surface area (Å²) in [4.78, 5) is 60.5. The molecule has 0 heterocycles. The van der Waals surface area contributed by atoms with Crippen LogP contribution in [0.25, 0.3) is 0 Å². The average molecular weight is 454 g/mol. The zero-order chi connectivity index (χ0) is 24.1. The molecule has 1 rings (SSSR count). The molecule has 176 valence electrons. The lowest BCUT2D eigenvalue weighted by molar-refractivity contribution is -0.159. The van der Waals surface area contributed by atoms with Crippen molar-refractivity contribution in [3.05, 3.63) is 35.9 Å². The summed E-state index contributed by atoms with van der Waals surface area (Å²) in [6.07, 6.45) is -1.60. The smallest absolute Gasteiger partial charge is 0.408 e. The van der Waals surface area contributed by atoms with Crippen LogP contribution in [0, 0.1) is 5.92 Å². The summed E-state index contributed by atoms with van der Waals surface area (Å²) >= 11 is 0. The zero-order valence-electron chi connectivity index (χ0n) is 17.9. The largest absolute Gasteiger partial charge is 0.469 e. The van der Waals surface area contributed by atoms with Crippen LogP contribution in [-0.4, -0.2) is 75.0 Å². The highest BCUT2D eigenvalue weighted by Gasteiger charge is 2.39. The van der Waals surface area contributed by atoms with Gasteiger partial charge < -0.3 is 34.7 Å². The lowest BCUT2D eigenvalue weighted by Crippen LogP contribution is -2.56. The van der Waals surface area contributed by atoms with Crippen molar-refractivity contribution in [2.75, 3.05) is 27.9 Å². The molecule has 3 atom stereocenters. The molecule has 12 nitrogen and oxygen atoms in total. The van der Waals surface area contributed by atoms with Gasteiger partial charge in [-0.25, -0.2) is 9.59 Å². The van der Waals surface area contributed by atoms with E-state index in [1.54, 1.807) is 30.3 Å². The molecule has 0 aromatic heterocycles. The van der Waals surface area contributed by atoms with Gasteiger partial charge in [0.15, 0.2) is 0 Å². The van der Waals surface area contributed by atoms with E-state index >= 15 is 0 Å². The van der Waals surface area contributed by atoms with Gasteiger partial charge >= 0.3 is 24.0 Å². The van der Waals surface area contributed by atoms with Crippen molar-refractivity contribution >= 4 is 29.9 Å². The summed E-state index contributed by atoms with van der Waals surface area (Å²) in [7, 11) is 3.12. The van der Waals surface area contributed by atoms with Crippen LogP contribution in [0.15, 0.2) is 30.3 Å². The first-order chi connectivity index (χ1) is 15.3. The Balaban J connectivity index is 2.88. The predicted molar refractivity (Wildman–Crippen MR) is 107 cm³/mol. The molecular weight excluding hydrogens is 428 g/mol. The lowest BCUT2D eigenvalue weighted by Gasteiger charge is -2.25. The molecule has 1 aromatic rings. The molecule has 12 heteroatoms. The quantitative estimate of drug-likeness (QED) is 0.287. The number of carbonyl (C=O) groups excluding carboxylic acids is 5. The fourth-order valence-corrected chi connectivity index (χ4v) is 2.56. The highest BCUT2D eigenvalue weighted by Crippen LogP contribution is 2.15. The Morgan fingerprint density at radius 1 is 0.906 bits per heavy atom. The minimum atomic E-state index is -1.66. The second-order valence-electron chi connectivity index (χ2n) is 6.36. The van der Waals surface area contributed by atoms with Crippen LogP contribution in [0.3, 0.4) is 0 Å². The number of methoxy groups -OCH3 is 3. The number of aliphatic hydroxyl groups is 1. The van der Waals surface area contributed by atoms with Gasteiger partial charge in [-0.05, 0) is 5.56 Å². The highest BCUT2D eigenvalue weighted by atomic mass is 16.6. The molecule has 0 spiro atoms. The van der Waals surface area contributed by atoms with Crippen LogP contribution >= 0.6 is 0 Å². The van der Waals surface area contributed by atoms with Crippen LogP contribution in [-0.2, 0) is 44.7 Å². The Hall–Kier alpha value is -3.67. The van der Waals surface area contributed by atoms with Crippen molar-refractivity contribution in [1.29, 1.82) is 0 Å². The topological polar surface area (TPSA) is 167 Å². The van der Waals surface area contributed by atoms with Crippen molar-refractivity contribution in [1.82, 2.24) is 10.6 Å². The number of nitrogens with one attached hydrogen (secondary N) is 2. The SMILES string of the molecule is COC(=O)C[C@@H](C(=O)OC)[C@@H](NC(=O)[C@H](CO)NC(=O)OCc1ccccc1)C(=O)OC. The monoisotopic (exact) mass is 454 g/mol. The minimum Gasteiger partial charge on any atom is -0.469 e. The number of amides is 2. The van der Waals surface area contributed by atoms with E-state index in [1.807, 2.05) is 0 Å². The van der Waals surface area contributed by atoms with E-state index in [-0.39, 0.29) is 6.61 Å². The van der Waals surface area contributed by atoms with Crippen molar-refractivity contribution in [3.63, 3.8) is 0 Å². The number of aliphatic hydroxyl groups excluding tert-OH is 1. The normalized spacial score (nSPS) is 13.0. The van der Waals surface area contributed by atoms with Gasteiger partial charge in [0.1, 0.15) is 18.7 Å². The van der Waals surface area contributed by atoms with Crippen LogP contribution < -0.4 is 10.6 Å². The summed E-state index contributed by atoms with van der Waals surface area (Å²) < 4.78 is 18.7. The van der Waals surface area contributed by atoms with Gasteiger partial charge in [-0.15, -0.1) is 0 Å². The van der Waals surface area contributed by atoms with E-state index in [9.17, 15) is 29.1 Å². The fourth-order valence-electron chi connectivity index (χ4n) is 2.56. The Kier molecular flexibility index (Phi) is 11.2. The first kappa shape index (κ1) is 26.4. The third-order valence-electron chi connectivity index (χ3n) is 4.28. The molecule has 0 aliphatic carbocycles. The van der Waals surface area contributed by atoms with Gasteiger partial charge in [-0.2, -0.15) is 0 Å². The van der Waals surface area contributed by atoms with E-state index in [2.05, 4.69) is 24.8 Å². The predicted octanol–water partition coefficient (Wildman–Crippen LogP) is -0.716. The maximum absolute atomic E-state index is 12.6. The van der Waals surface area contributed by atoms with E-state index < -0.39 is 60.9 Å². The van der Waals surface area contributed by atoms with Crippen LogP contribution in [0.2, 0.25) is 0 Å². The van der Waals surface area contributed by atoms with Gasteiger partial charge in [0.05, 0.1) is 40.3 Å². The third-order valence-corrected chi connectivity index (χ3v) is 4.28. The van der Waals surface area contributed by atoms with Crippen molar-refractivity contribution in [2.45, 2.75) is 25.1 Å². The fraction of sp³-hybridized carbons (Fsp3) is 0.450. The van der Waals surface area contributed by atoms with Gasteiger partial charge in [0.2, 0.25) is 5.91 Å². The molecular formula is C20H26N2O10. The average Bonchev–Trinajstić information content (AvgIpc) is 2.82. The van der Waals surface area contributed by atoms with Crippen molar-refractivity contribution < 1.29 is 48.0 Å². The van der Waals surface area contributed by atoms with Gasteiger partial charge in [0.25, 0.3) is 0 Å². The van der Waals surface area contributed by atoms with Gasteiger partial charge in [0, 0.05) is 0 Å². The number of hydrogen-bond acceptors (Lipinski definition) is 10. The summed E-state index contributed by atoms with van der Waals surface area (Å²) in [5.41, 5.74) is 0.696. The molecule has 32 heavy (non-hydrogen) atoms. The number of benzene rings is 1. The Labute approximate surface area is 184 Å². The molecule has 1 aromatic carbocycles. The number of hydrogen-bond donors (Lipinski definition) is 3. The first-order valence-corrected chi connectivity index (χ1v) is 9.38. The number of ether oxygens (including phenoxy) is 4. The van der Waals surface area contributed by atoms with E-state index in [4.69, 9.17) is 4.74 Å². The molecule has 0 aliphatic rings. The molecule has 0 unspecified atom stereocenters. The number of rotatable bonds is 11. The highest BCUT2D eigenvalue weighted by molar-refractivity contribution is 5.93. The minimum absolute atomic E-state index is 0.0826.